The first-order valence-corrected chi connectivity index (χ1v) is 9.46. The molecule has 18 heavy (non-hydrogen) atoms. The zero-order valence-corrected chi connectivity index (χ0v) is 18.1. The fourth-order valence-electron chi connectivity index (χ4n) is 1.49. The fourth-order valence-corrected chi connectivity index (χ4v) is 4.64. The topological polar surface area (TPSA) is 0 Å². The molecule has 0 atom stereocenters. The van der Waals surface area contributed by atoms with Crippen LogP contribution in [0, 0.1) is 0 Å². The minimum atomic E-state index is 1.01. The van der Waals surface area contributed by atoms with Gasteiger partial charge in [-0.15, -0.1) is 0 Å². The molecular weight excluding hydrogens is 624 g/mol. The van der Waals surface area contributed by atoms with E-state index in [1.54, 1.807) is 0 Å². The Kier molecular flexibility index (Phi) is 5.58. The largest absolute Gasteiger partial charge is 0.0501 e. The van der Waals surface area contributed by atoms with Gasteiger partial charge in [0.15, 0.2) is 0 Å². The van der Waals surface area contributed by atoms with E-state index < -0.39 is 0 Å². The summed E-state index contributed by atoms with van der Waals surface area (Å²) in [6.45, 7) is 0. The van der Waals surface area contributed by atoms with Gasteiger partial charge in [0.05, 0.1) is 0 Å². The Morgan fingerprint density at radius 2 is 1.06 bits per heavy atom. The average molecular weight is 628 g/mol. The Bertz CT molecular complexity index is 597. The lowest BCUT2D eigenvalue weighted by Crippen LogP contribution is -1.85. The molecule has 0 bridgehead atoms. The molecule has 0 fully saturated rings. The molecule has 0 heterocycles. The highest BCUT2D eigenvalue weighted by atomic mass is 79.9. The standard InChI is InChI=1S/C12H4Br6/c13-6-1-2-7(14)12(18)10(6)5-3-8(15)11(17)9(16)4-5/h1-4H. The van der Waals surface area contributed by atoms with Crippen LogP contribution in [0.15, 0.2) is 51.1 Å². The van der Waals surface area contributed by atoms with E-state index in [2.05, 4.69) is 108 Å². The van der Waals surface area contributed by atoms with Crippen molar-refractivity contribution in [2.45, 2.75) is 0 Å². The lowest BCUT2D eigenvalue weighted by Gasteiger charge is -2.11. The predicted molar refractivity (Wildman–Crippen MR) is 98.1 cm³/mol. The van der Waals surface area contributed by atoms with Crippen LogP contribution in [0.4, 0.5) is 0 Å². The van der Waals surface area contributed by atoms with Crippen molar-refractivity contribution >= 4 is 95.6 Å². The van der Waals surface area contributed by atoms with Crippen LogP contribution in [-0.2, 0) is 0 Å². The first kappa shape index (κ1) is 15.7. The van der Waals surface area contributed by atoms with Crippen LogP contribution in [0.1, 0.15) is 0 Å². The monoisotopic (exact) mass is 622 g/mol. The summed E-state index contributed by atoms with van der Waals surface area (Å²) in [4.78, 5) is 0. The second kappa shape index (κ2) is 6.39. The summed E-state index contributed by atoms with van der Waals surface area (Å²) in [5, 5.41) is 0. The molecule has 0 nitrogen and oxygen atoms in total. The van der Waals surface area contributed by atoms with Crippen molar-refractivity contribution in [3.63, 3.8) is 0 Å². The van der Waals surface area contributed by atoms with Gasteiger partial charge in [0.2, 0.25) is 0 Å². The Morgan fingerprint density at radius 3 is 1.61 bits per heavy atom. The summed E-state index contributed by atoms with van der Waals surface area (Å²) >= 11 is 21.3. The average Bonchev–Trinajstić information content (AvgIpc) is 2.31. The van der Waals surface area contributed by atoms with E-state index in [0.29, 0.717) is 0 Å². The van der Waals surface area contributed by atoms with Crippen molar-refractivity contribution < 1.29 is 0 Å². The highest BCUT2D eigenvalue weighted by molar-refractivity contribution is 9.14. The van der Waals surface area contributed by atoms with Crippen LogP contribution in [-0.4, -0.2) is 0 Å². The number of hydrogen-bond donors (Lipinski definition) is 0. The zero-order chi connectivity index (χ0) is 13.4. The van der Waals surface area contributed by atoms with Crippen molar-refractivity contribution in [2.75, 3.05) is 0 Å². The molecule has 0 N–H and O–H groups in total. The van der Waals surface area contributed by atoms with Crippen molar-refractivity contribution in [2.24, 2.45) is 0 Å². The van der Waals surface area contributed by atoms with Crippen LogP contribution in [0.25, 0.3) is 11.1 Å². The first-order chi connectivity index (χ1) is 8.41. The van der Waals surface area contributed by atoms with E-state index in [4.69, 9.17) is 0 Å². The van der Waals surface area contributed by atoms with E-state index >= 15 is 0 Å². The normalized spacial score (nSPS) is 10.8. The third-order valence-electron chi connectivity index (χ3n) is 2.32. The molecule has 2 aromatic carbocycles. The maximum Gasteiger partial charge on any atom is 0.0459 e. The van der Waals surface area contributed by atoms with E-state index in [9.17, 15) is 0 Å². The summed E-state index contributed by atoms with van der Waals surface area (Å²) in [6.07, 6.45) is 0. The molecule has 2 rings (SSSR count). The summed E-state index contributed by atoms with van der Waals surface area (Å²) in [5.41, 5.74) is 2.22. The van der Waals surface area contributed by atoms with Gasteiger partial charge in [-0.2, -0.15) is 0 Å². The smallest absolute Gasteiger partial charge is 0.0459 e. The minimum absolute atomic E-state index is 1.01. The molecule has 0 aliphatic heterocycles. The van der Waals surface area contributed by atoms with E-state index in [1.165, 1.54) is 0 Å². The van der Waals surface area contributed by atoms with Gasteiger partial charge in [-0.05, 0) is 109 Å². The summed E-state index contributed by atoms with van der Waals surface area (Å²) in [7, 11) is 0. The lowest BCUT2D eigenvalue weighted by molar-refractivity contribution is 1.47. The maximum atomic E-state index is 3.62. The highest BCUT2D eigenvalue weighted by Gasteiger charge is 2.13. The zero-order valence-electron chi connectivity index (χ0n) is 8.58. The molecule has 0 aliphatic carbocycles. The Labute approximate surface area is 156 Å². The van der Waals surface area contributed by atoms with Crippen LogP contribution >= 0.6 is 95.6 Å². The van der Waals surface area contributed by atoms with E-state index in [0.717, 1.165) is 38.0 Å². The SMILES string of the molecule is Brc1cc(-c2c(Br)ccc(Br)c2Br)cc(Br)c1Br. The number of halogens is 6. The minimum Gasteiger partial charge on any atom is -0.0501 e. The Balaban J connectivity index is 2.74. The van der Waals surface area contributed by atoms with Gasteiger partial charge in [0.25, 0.3) is 0 Å². The quantitative estimate of drug-likeness (QED) is 0.223. The van der Waals surface area contributed by atoms with Crippen LogP contribution in [0.5, 0.6) is 0 Å². The molecule has 2 aromatic rings. The van der Waals surface area contributed by atoms with Gasteiger partial charge in [-0.3, -0.25) is 0 Å². The third-order valence-corrected chi connectivity index (χ3v) is 8.16. The summed E-state index contributed by atoms with van der Waals surface area (Å²) in [6, 6.07) is 8.17. The Hall–Kier alpha value is 1.32. The lowest BCUT2D eigenvalue weighted by atomic mass is 10.1. The molecule has 0 saturated heterocycles. The van der Waals surface area contributed by atoms with Crippen LogP contribution in [0.2, 0.25) is 0 Å². The molecule has 0 aliphatic rings. The first-order valence-electron chi connectivity index (χ1n) is 4.70. The molecule has 94 valence electrons. The van der Waals surface area contributed by atoms with Crippen molar-refractivity contribution in [3.05, 3.63) is 51.1 Å². The maximum absolute atomic E-state index is 3.62. The second-order valence-electron chi connectivity index (χ2n) is 3.47. The molecular formula is C12H4Br6. The molecule has 0 amide bonds. The Morgan fingerprint density at radius 1 is 0.556 bits per heavy atom. The summed E-state index contributed by atoms with van der Waals surface area (Å²) in [5.74, 6) is 0. The molecule has 6 heteroatoms. The fraction of sp³-hybridized carbons (Fsp3) is 0. The predicted octanol–water partition coefficient (Wildman–Crippen LogP) is 7.93. The molecule has 0 radical (unpaired) electrons. The third kappa shape index (κ3) is 3.14. The van der Waals surface area contributed by atoms with Crippen molar-refractivity contribution in [1.82, 2.24) is 0 Å². The second-order valence-corrected chi connectivity index (χ2v) is 8.48. The number of rotatable bonds is 1. The van der Waals surface area contributed by atoms with Gasteiger partial charge in [-0.1, -0.05) is 15.9 Å². The number of benzene rings is 2. The van der Waals surface area contributed by atoms with Gasteiger partial charge < -0.3 is 0 Å². The van der Waals surface area contributed by atoms with E-state index in [-0.39, 0.29) is 0 Å². The molecule has 0 saturated carbocycles. The number of hydrogen-bond acceptors (Lipinski definition) is 0. The van der Waals surface area contributed by atoms with Crippen molar-refractivity contribution in [1.29, 1.82) is 0 Å². The molecule has 0 unspecified atom stereocenters. The molecule has 0 aromatic heterocycles. The van der Waals surface area contributed by atoms with E-state index in [1.807, 2.05) is 12.1 Å². The van der Waals surface area contributed by atoms with Gasteiger partial charge >= 0.3 is 0 Å². The van der Waals surface area contributed by atoms with Gasteiger partial charge in [0.1, 0.15) is 0 Å². The van der Waals surface area contributed by atoms with Crippen LogP contribution in [0.3, 0.4) is 0 Å². The van der Waals surface area contributed by atoms with Crippen molar-refractivity contribution in [3.8, 4) is 11.1 Å². The summed E-state index contributed by atoms with van der Waals surface area (Å²) < 4.78 is 6.11. The van der Waals surface area contributed by atoms with Gasteiger partial charge in [0, 0.05) is 32.4 Å². The highest BCUT2D eigenvalue weighted by Crippen LogP contribution is 2.43. The van der Waals surface area contributed by atoms with Crippen LogP contribution < -0.4 is 0 Å². The molecule has 0 spiro atoms. The van der Waals surface area contributed by atoms with Gasteiger partial charge in [-0.25, -0.2) is 0 Å².